The Morgan fingerprint density at radius 1 is 1.03 bits per heavy atom. The van der Waals surface area contributed by atoms with Crippen LogP contribution in [0.5, 0.6) is 23.0 Å². The SMILES string of the molecule is O=C(CCC(OC1OC2COC2(O)C(O)C1O)C(O)c1ccc(O)c(O)c1)c1ccc(O)c(O)c1. The molecule has 7 unspecified atom stereocenters. The lowest BCUT2D eigenvalue weighted by Gasteiger charge is -2.54. The van der Waals surface area contributed by atoms with Crippen LogP contribution in [0.25, 0.3) is 0 Å². The van der Waals surface area contributed by atoms with Crippen LogP contribution in [0, 0.1) is 0 Å². The Bertz CT molecular complexity index is 1090. The molecule has 0 aliphatic carbocycles. The quantitative estimate of drug-likeness (QED) is 0.177. The summed E-state index contributed by atoms with van der Waals surface area (Å²) in [6.07, 6.45) is -9.09. The van der Waals surface area contributed by atoms with E-state index < -0.39 is 71.4 Å². The van der Waals surface area contributed by atoms with Gasteiger partial charge in [-0.3, -0.25) is 4.79 Å². The van der Waals surface area contributed by atoms with Gasteiger partial charge in [0.25, 0.3) is 0 Å². The number of aliphatic hydroxyl groups excluding tert-OH is 3. The summed E-state index contributed by atoms with van der Waals surface area (Å²) < 4.78 is 16.2. The van der Waals surface area contributed by atoms with Gasteiger partial charge in [-0.2, -0.15) is 0 Å². The van der Waals surface area contributed by atoms with Gasteiger partial charge in [-0.15, -0.1) is 0 Å². The maximum atomic E-state index is 12.7. The molecular formula is C23H26O12. The summed E-state index contributed by atoms with van der Waals surface area (Å²) in [5.41, 5.74) is 0.214. The summed E-state index contributed by atoms with van der Waals surface area (Å²) in [6, 6.07) is 7.12. The molecule has 2 aromatic rings. The van der Waals surface area contributed by atoms with E-state index in [0.717, 1.165) is 24.3 Å². The Balaban J connectivity index is 1.53. The zero-order chi connectivity index (χ0) is 25.5. The number of hydrogen-bond acceptors (Lipinski definition) is 12. The summed E-state index contributed by atoms with van der Waals surface area (Å²) in [5.74, 6) is -4.34. The molecule has 2 aromatic carbocycles. The van der Waals surface area contributed by atoms with Gasteiger partial charge in [0.2, 0.25) is 5.79 Å². The monoisotopic (exact) mass is 494 g/mol. The van der Waals surface area contributed by atoms with Gasteiger partial charge in [0.15, 0.2) is 35.1 Å². The molecule has 0 radical (unpaired) electrons. The van der Waals surface area contributed by atoms with Gasteiger partial charge in [0.05, 0.1) is 12.7 Å². The molecule has 12 nitrogen and oxygen atoms in total. The minimum atomic E-state index is -2.09. The van der Waals surface area contributed by atoms with E-state index in [1.807, 2.05) is 0 Å². The van der Waals surface area contributed by atoms with Crippen LogP contribution < -0.4 is 0 Å². The van der Waals surface area contributed by atoms with Crippen LogP contribution in [-0.4, -0.2) is 89.7 Å². The summed E-state index contributed by atoms with van der Waals surface area (Å²) in [5, 5.41) is 80.3. The third-order valence-electron chi connectivity index (χ3n) is 6.21. The van der Waals surface area contributed by atoms with E-state index in [4.69, 9.17) is 14.2 Å². The van der Waals surface area contributed by atoms with E-state index in [0.29, 0.717) is 0 Å². The van der Waals surface area contributed by atoms with E-state index in [1.165, 1.54) is 12.1 Å². The molecule has 0 aromatic heterocycles. The Morgan fingerprint density at radius 2 is 1.69 bits per heavy atom. The van der Waals surface area contributed by atoms with E-state index >= 15 is 0 Å². The Labute approximate surface area is 198 Å². The molecule has 190 valence electrons. The topological polar surface area (TPSA) is 207 Å². The molecule has 7 atom stereocenters. The largest absolute Gasteiger partial charge is 0.504 e. The molecule has 35 heavy (non-hydrogen) atoms. The number of ketones is 1. The standard InChI is InChI=1S/C23H26O12/c24-12(10-1-3-13(25)15(27)7-10)5-6-17(19(29)11-2-4-14(26)16(28)8-11)34-22-20(30)21(31)23(32)18(35-22)9-33-23/h1-4,7-8,17-22,25-32H,5-6,9H2. The predicted molar refractivity (Wildman–Crippen MR) is 115 cm³/mol. The van der Waals surface area contributed by atoms with Crippen LogP contribution in [0.1, 0.15) is 34.9 Å². The van der Waals surface area contributed by atoms with E-state index in [2.05, 4.69) is 0 Å². The van der Waals surface area contributed by atoms with Crippen molar-refractivity contribution in [2.24, 2.45) is 0 Å². The molecule has 0 saturated carbocycles. The number of benzene rings is 2. The van der Waals surface area contributed by atoms with E-state index in [1.54, 1.807) is 0 Å². The van der Waals surface area contributed by atoms with Crippen LogP contribution >= 0.6 is 0 Å². The molecule has 12 heteroatoms. The number of fused-ring (bicyclic) bond motifs is 1. The lowest BCUT2D eigenvalue weighted by molar-refractivity contribution is -0.457. The van der Waals surface area contributed by atoms with Gasteiger partial charge in [-0.25, -0.2) is 0 Å². The van der Waals surface area contributed by atoms with Gasteiger partial charge >= 0.3 is 0 Å². The highest BCUT2D eigenvalue weighted by molar-refractivity contribution is 5.96. The summed E-state index contributed by atoms with van der Waals surface area (Å²) in [7, 11) is 0. The van der Waals surface area contributed by atoms with Gasteiger partial charge < -0.3 is 55.1 Å². The number of phenolic OH excluding ortho intramolecular Hbond substituents is 4. The average Bonchev–Trinajstić information content (AvgIpc) is 2.83. The van der Waals surface area contributed by atoms with Gasteiger partial charge in [-0.1, -0.05) is 6.07 Å². The van der Waals surface area contributed by atoms with Crippen molar-refractivity contribution in [3.05, 3.63) is 47.5 Å². The zero-order valence-corrected chi connectivity index (χ0v) is 18.3. The molecular weight excluding hydrogens is 468 g/mol. The number of aromatic hydroxyl groups is 4. The third kappa shape index (κ3) is 4.77. The average molecular weight is 494 g/mol. The van der Waals surface area contributed by atoms with Crippen molar-refractivity contribution >= 4 is 5.78 Å². The van der Waals surface area contributed by atoms with Crippen LogP contribution in [0.3, 0.4) is 0 Å². The second-order valence-corrected chi connectivity index (χ2v) is 8.52. The summed E-state index contributed by atoms with van der Waals surface area (Å²) in [4.78, 5) is 12.7. The predicted octanol–water partition coefficient (Wildman–Crippen LogP) is -0.244. The van der Waals surface area contributed by atoms with E-state index in [9.17, 15) is 45.6 Å². The number of carbonyl (C=O) groups excluding carboxylic acids is 1. The minimum Gasteiger partial charge on any atom is -0.504 e. The maximum Gasteiger partial charge on any atom is 0.224 e. The fourth-order valence-electron chi connectivity index (χ4n) is 4.01. The number of phenols is 4. The molecule has 0 bridgehead atoms. The Hall–Kier alpha value is -2.97. The zero-order valence-electron chi connectivity index (χ0n) is 18.3. The highest BCUT2D eigenvalue weighted by Crippen LogP contribution is 2.40. The van der Waals surface area contributed by atoms with Crippen LogP contribution in [0.2, 0.25) is 0 Å². The molecule has 4 rings (SSSR count). The van der Waals surface area contributed by atoms with Crippen molar-refractivity contribution in [1.29, 1.82) is 0 Å². The number of carbonyl (C=O) groups is 1. The normalized spacial score (nSPS) is 29.6. The molecule has 0 amide bonds. The van der Waals surface area contributed by atoms with Crippen molar-refractivity contribution in [2.75, 3.05) is 6.61 Å². The van der Waals surface area contributed by atoms with E-state index in [-0.39, 0.29) is 30.6 Å². The lowest BCUT2D eigenvalue weighted by atomic mass is 9.91. The van der Waals surface area contributed by atoms with Gasteiger partial charge in [0.1, 0.15) is 24.4 Å². The molecule has 0 spiro atoms. The second kappa shape index (κ2) is 9.59. The molecule has 8 N–H and O–H groups in total. The molecule has 2 fully saturated rings. The molecule has 2 aliphatic rings. The van der Waals surface area contributed by atoms with Crippen molar-refractivity contribution in [1.82, 2.24) is 0 Å². The lowest BCUT2D eigenvalue weighted by Crippen LogP contribution is -2.74. The smallest absolute Gasteiger partial charge is 0.224 e. The van der Waals surface area contributed by atoms with Crippen molar-refractivity contribution < 1.29 is 59.9 Å². The highest BCUT2D eigenvalue weighted by atomic mass is 16.8. The first kappa shape index (κ1) is 25.1. The Morgan fingerprint density at radius 3 is 2.29 bits per heavy atom. The highest BCUT2D eigenvalue weighted by Gasteiger charge is 2.62. The van der Waals surface area contributed by atoms with Gasteiger partial charge in [0, 0.05) is 12.0 Å². The fraction of sp³-hybridized carbons (Fsp3) is 0.435. The second-order valence-electron chi connectivity index (χ2n) is 8.52. The number of hydrogen-bond donors (Lipinski definition) is 8. The first-order valence-electron chi connectivity index (χ1n) is 10.8. The fourth-order valence-corrected chi connectivity index (χ4v) is 4.01. The first-order chi connectivity index (χ1) is 16.5. The first-order valence-corrected chi connectivity index (χ1v) is 10.8. The van der Waals surface area contributed by atoms with Crippen molar-refractivity contribution in [2.45, 2.75) is 55.4 Å². The number of ether oxygens (including phenoxy) is 3. The van der Waals surface area contributed by atoms with Crippen LogP contribution in [-0.2, 0) is 14.2 Å². The Kier molecular flexibility index (Phi) is 6.88. The van der Waals surface area contributed by atoms with Crippen molar-refractivity contribution in [3.63, 3.8) is 0 Å². The maximum absolute atomic E-state index is 12.7. The third-order valence-corrected chi connectivity index (χ3v) is 6.21. The van der Waals surface area contributed by atoms with Crippen LogP contribution in [0.4, 0.5) is 0 Å². The van der Waals surface area contributed by atoms with Crippen LogP contribution in [0.15, 0.2) is 36.4 Å². The minimum absolute atomic E-state index is 0.0674. The number of rotatable bonds is 8. The molecule has 2 saturated heterocycles. The molecule has 2 heterocycles. The summed E-state index contributed by atoms with van der Waals surface area (Å²) >= 11 is 0. The molecule has 2 aliphatic heterocycles. The number of aliphatic hydroxyl groups is 4. The van der Waals surface area contributed by atoms with Crippen molar-refractivity contribution in [3.8, 4) is 23.0 Å². The number of Topliss-reactive ketones (excluding diaryl/α,β-unsaturated/α-hetero) is 1. The summed E-state index contributed by atoms with van der Waals surface area (Å²) in [6.45, 7) is -0.0674. The van der Waals surface area contributed by atoms with Gasteiger partial charge in [-0.05, 0) is 42.3 Å².